The van der Waals surface area contributed by atoms with Gasteiger partial charge in [0.05, 0.1) is 11.5 Å². The maximum Gasteiger partial charge on any atom is 0.495 e. The summed E-state index contributed by atoms with van der Waals surface area (Å²) >= 11 is 0. The minimum Gasteiger partial charge on any atom is -0.390 e. The van der Waals surface area contributed by atoms with Crippen LogP contribution in [-0.2, 0) is 14.3 Å². The fourth-order valence-corrected chi connectivity index (χ4v) is 2.40. The van der Waals surface area contributed by atoms with Crippen molar-refractivity contribution in [3.05, 3.63) is 30.3 Å². The van der Waals surface area contributed by atoms with Crippen LogP contribution in [0.2, 0.25) is 6.04 Å². The van der Waals surface area contributed by atoms with Crippen molar-refractivity contribution in [1.29, 1.82) is 0 Å². The first kappa shape index (κ1) is 13.3. The van der Waals surface area contributed by atoms with E-state index in [-0.39, 0.29) is 4.90 Å². The Labute approximate surface area is 94.2 Å². The minimum atomic E-state index is -4.25. The summed E-state index contributed by atoms with van der Waals surface area (Å²) in [5.74, 6) is 0. The van der Waals surface area contributed by atoms with E-state index in [0.29, 0.717) is 0 Å². The van der Waals surface area contributed by atoms with Gasteiger partial charge in [0.1, 0.15) is 0 Å². The molecule has 0 aliphatic carbocycles. The summed E-state index contributed by atoms with van der Waals surface area (Å²) in [4.78, 5) is 26.0. The molecule has 0 heterocycles. The maximum absolute atomic E-state index is 11.5. The molecule has 0 aliphatic heterocycles. The van der Waals surface area contributed by atoms with E-state index in [9.17, 15) is 8.42 Å². The topological polar surface area (TPSA) is 104 Å². The number of rotatable bonds is 5. The van der Waals surface area contributed by atoms with Crippen LogP contribution in [0, 0.1) is 0 Å². The van der Waals surface area contributed by atoms with Crippen LogP contribution in [0.1, 0.15) is 0 Å². The van der Waals surface area contributed by atoms with Crippen molar-refractivity contribution in [3.8, 4) is 0 Å². The highest BCUT2D eigenvalue weighted by Crippen LogP contribution is 2.12. The van der Waals surface area contributed by atoms with Crippen LogP contribution in [0.3, 0.4) is 0 Å². The van der Waals surface area contributed by atoms with E-state index in [1.54, 1.807) is 18.2 Å². The van der Waals surface area contributed by atoms with Gasteiger partial charge >= 0.3 is 8.80 Å². The second kappa shape index (κ2) is 5.04. The molecule has 0 saturated carbocycles. The average molecular weight is 264 g/mol. The van der Waals surface area contributed by atoms with Crippen molar-refractivity contribution in [2.24, 2.45) is 0 Å². The van der Waals surface area contributed by atoms with E-state index < -0.39 is 31.6 Å². The van der Waals surface area contributed by atoms with E-state index in [1.165, 1.54) is 12.1 Å². The third kappa shape index (κ3) is 4.39. The number of hydrogen-bond acceptors (Lipinski definition) is 6. The molecule has 0 bridgehead atoms. The van der Waals surface area contributed by atoms with Gasteiger partial charge in [0.25, 0.3) is 10.1 Å². The van der Waals surface area contributed by atoms with Gasteiger partial charge < -0.3 is 14.4 Å². The smallest absolute Gasteiger partial charge is 0.390 e. The van der Waals surface area contributed by atoms with Gasteiger partial charge in [-0.05, 0) is 12.1 Å². The van der Waals surface area contributed by atoms with Crippen LogP contribution in [0.5, 0.6) is 0 Å². The van der Waals surface area contributed by atoms with E-state index in [0.717, 1.165) is 0 Å². The van der Waals surface area contributed by atoms with Gasteiger partial charge in [-0.25, -0.2) is 0 Å². The lowest BCUT2D eigenvalue weighted by atomic mass is 10.4. The molecule has 16 heavy (non-hydrogen) atoms. The maximum atomic E-state index is 11.5. The zero-order valence-corrected chi connectivity index (χ0v) is 10.1. The van der Waals surface area contributed by atoms with Crippen LogP contribution >= 0.6 is 0 Å². The lowest BCUT2D eigenvalue weighted by molar-refractivity contribution is 0.213. The van der Waals surface area contributed by atoms with Gasteiger partial charge in [-0.2, -0.15) is 8.42 Å². The normalized spacial score (nSPS) is 12.7. The molecule has 0 saturated heterocycles. The Kier molecular flexibility index (Phi) is 4.19. The predicted molar refractivity (Wildman–Crippen MR) is 56.8 cm³/mol. The molecule has 1 rings (SSSR count). The number of hydrogen-bond donors (Lipinski definition) is 3. The van der Waals surface area contributed by atoms with E-state index >= 15 is 0 Å². The molecule has 0 aromatic heterocycles. The molecule has 1 aromatic carbocycles. The lowest BCUT2D eigenvalue weighted by Crippen LogP contribution is -2.36. The summed E-state index contributed by atoms with van der Waals surface area (Å²) in [5, 5.41) is 0. The van der Waals surface area contributed by atoms with Crippen LogP contribution in [0.25, 0.3) is 0 Å². The Hall–Kier alpha value is -0.773. The zero-order valence-electron chi connectivity index (χ0n) is 8.28. The monoisotopic (exact) mass is 264 g/mol. The summed E-state index contributed by atoms with van der Waals surface area (Å²) < 4.78 is 27.5. The minimum absolute atomic E-state index is 0.0175. The molecule has 0 atom stereocenters. The third-order valence-corrected chi connectivity index (χ3v) is 3.91. The third-order valence-electron chi connectivity index (χ3n) is 1.71. The molecule has 0 spiro atoms. The molecule has 0 unspecified atom stereocenters. The predicted octanol–water partition coefficient (Wildman–Crippen LogP) is -0.692. The molecular formula is C8H12O6SSi. The standard InChI is InChI=1S/C8H12O6SSi/c9-15(10,8-4-2-1-3-5-8)14-6-7-16(11,12)13/h1-5,11-13H,6-7H2. The first-order chi connectivity index (χ1) is 7.31. The number of benzene rings is 1. The molecule has 0 fully saturated rings. The fourth-order valence-electron chi connectivity index (χ4n) is 0.944. The molecule has 3 N–H and O–H groups in total. The van der Waals surface area contributed by atoms with Crippen LogP contribution < -0.4 is 0 Å². The molecule has 0 radical (unpaired) electrons. The average Bonchev–Trinajstić information content (AvgIpc) is 2.17. The summed E-state index contributed by atoms with van der Waals surface area (Å²) in [6, 6.07) is 6.97. The molecule has 0 aliphatic rings. The first-order valence-corrected chi connectivity index (χ1v) is 7.88. The van der Waals surface area contributed by atoms with Crippen molar-refractivity contribution in [2.45, 2.75) is 10.9 Å². The van der Waals surface area contributed by atoms with Gasteiger partial charge in [-0.1, -0.05) is 18.2 Å². The molecule has 0 amide bonds. The summed E-state index contributed by atoms with van der Waals surface area (Å²) in [5.41, 5.74) is 0. The van der Waals surface area contributed by atoms with Gasteiger partial charge in [0.15, 0.2) is 0 Å². The van der Waals surface area contributed by atoms with E-state index in [1.807, 2.05) is 0 Å². The van der Waals surface area contributed by atoms with Crippen molar-refractivity contribution in [3.63, 3.8) is 0 Å². The summed E-state index contributed by atoms with van der Waals surface area (Å²) in [7, 11) is -8.14. The van der Waals surface area contributed by atoms with Gasteiger partial charge in [-0.15, -0.1) is 0 Å². The molecule has 8 heteroatoms. The van der Waals surface area contributed by atoms with Gasteiger partial charge in [0, 0.05) is 6.04 Å². The van der Waals surface area contributed by atoms with Crippen LogP contribution in [0.15, 0.2) is 35.2 Å². The molecule has 90 valence electrons. The fraction of sp³-hybridized carbons (Fsp3) is 0.250. The lowest BCUT2D eigenvalue weighted by Gasteiger charge is -2.09. The Morgan fingerprint density at radius 2 is 1.69 bits per heavy atom. The first-order valence-electron chi connectivity index (χ1n) is 4.43. The molecule has 6 nitrogen and oxygen atoms in total. The molecular weight excluding hydrogens is 252 g/mol. The van der Waals surface area contributed by atoms with Crippen molar-refractivity contribution in [2.75, 3.05) is 6.61 Å². The quantitative estimate of drug-likeness (QED) is 0.480. The molecule has 1 aromatic rings. The second-order valence-electron chi connectivity index (χ2n) is 3.11. The Balaban J connectivity index is 2.61. The van der Waals surface area contributed by atoms with Crippen LogP contribution in [0.4, 0.5) is 0 Å². The highest BCUT2D eigenvalue weighted by molar-refractivity contribution is 7.86. The highest BCUT2D eigenvalue weighted by atomic mass is 32.2. The Morgan fingerprint density at radius 3 is 2.19 bits per heavy atom. The SMILES string of the molecule is O=S(=O)(OCC[Si](O)(O)O)c1ccccc1. The summed E-state index contributed by atoms with van der Waals surface area (Å²) in [6.07, 6.45) is 0. The van der Waals surface area contributed by atoms with Gasteiger partial charge in [-0.3, -0.25) is 4.18 Å². The zero-order chi connectivity index (χ0) is 12.2. The van der Waals surface area contributed by atoms with Crippen molar-refractivity contribution in [1.82, 2.24) is 0 Å². The van der Waals surface area contributed by atoms with E-state index in [4.69, 9.17) is 14.4 Å². The Bertz CT molecular complexity index is 424. The van der Waals surface area contributed by atoms with Crippen molar-refractivity contribution >= 4 is 18.9 Å². The summed E-state index contributed by atoms with van der Waals surface area (Å²) in [6.45, 7) is -0.465. The van der Waals surface area contributed by atoms with Crippen LogP contribution in [-0.4, -0.2) is 38.2 Å². The second-order valence-corrected chi connectivity index (χ2v) is 6.78. The van der Waals surface area contributed by atoms with Gasteiger partial charge in [0.2, 0.25) is 0 Å². The van der Waals surface area contributed by atoms with Crippen molar-refractivity contribution < 1.29 is 27.0 Å². The largest absolute Gasteiger partial charge is 0.495 e. The van der Waals surface area contributed by atoms with E-state index in [2.05, 4.69) is 4.18 Å². The Morgan fingerprint density at radius 1 is 1.12 bits per heavy atom. The highest BCUT2D eigenvalue weighted by Gasteiger charge is 2.27.